The lowest BCUT2D eigenvalue weighted by Gasteiger charge is -2.26. The Morgan fingerprint density at radius 3 is 2.15 bits per heavy atom. The summed E-state index contributed by atoms with van der Waals surface area (Å²) >= 11 is 0. The molecule has 1 aliphatic heterocycles. The first-order chi connectivity index (χ1) is 13.1. The maximum Gasteiger partial charge on any atom is 0.261 e. The van der Waals surface area contributed by atoms with Gasteiger partial charge >= 0.3 is 0 Å². The number of hydrogen-bond acceptors (Lipinski definition) is 3. The van der Waals surface area contributed by atoms with Gasteiger partial charge in [0.1, 0.15) is 0 Å². The smallest absolute Gasteiger partial charge is 0.261 e. The van der Waals surface area contributed by atoms with Crippen molar-refractivity contribution < 1.29 is 8.42 Å². The van der Waals surface area contributed by atoms with E-state index in [-0.39, 0.29) is 0 Å². The van der Waals surface area contributed by atoms with Gasteiger partial charge in [0, 0.05) is 12.2 Å². The fraction of sp³-hybridized carbons (Fsp3) is 0.455. The molecule has 0 aliphatic carbocycles. The molecular weight excluding hydrogens is 356 g/mol. The zero-order valence-electron chi connectivity index (χ0n) is 16.2. The maximum absolute atomic E-state index is 12.6. The van der Waals surface area contributed by atoms with Gasteiger partial charge in [-0.2, -0.15) is 0 Å². The van der Waals surface area contributed by atoms with Gasteiger partial charge in [-0.15, -0.1) is 0 Å². The molecule has 0 unspecified atom stereocenters. The zero-order valence-corrected chi connectivity index (χ0v) is 17.0. The zero-order chi connectivity index (χ0) is 19.1. The van der Waals surface area contributed by atoms with Gasteiger partial charge in [0.25, 0.3) is 10.0 Å². The van der Waals surface area contributed by atoms with E-state index in [2.05, 4.69) is 16.5 Å². The predicted octanol–water partition coefficient (Wildman–Crippen LogP) is 4.82. The van der Waals surface area contributed by atoms with Crippen molar-refractivity contribution in [3.05, 3.63) is 59.7 Å². The molecule has 0 radical (unpaired) electrons. The molecule has 0 aromatic heterocycles. The topological polar surface area (TPSA) is 49.4 Å². The molecular formula is C22H30N2O2S. The van der Waals surface area contributed by atoms with Crippen molar-refractivity contribution in [2.45, 2.75) is 56.9 Å². The number of nitrogens with zero attached hydrogens (tertiary/aromatic N) is 1. The SMILES string of the molecule is CCCCc1ccc(S(=O)(=O)Nc2ccc(CN3CCCCC3)cc2)cc1. The van der Waals surface area contributed by atoms with Gasteiger partial charge in [-0.25, -0.2) is 8.42 Å². The average Bonchev–Trinajstić information content (AvgIpc) is 2.69. The van der Waals surface area contributed by atoms with Gasteiger partial charge in [-0.05, 0) is 74.2 Å². The predicted molar refractivity (Wildman–Crippen MR) is 111 cm³/mol. The minimum absolute atomic E-state index is 0.306. The van der Waals surface area contributed by atoms with E-state index in [9.17, 15) is 8.42 Å². The van der Waals surface area contributed by atoms with E-state index >= 15 is 0 Å². The molecule has 0 bridgehead atoms. The van der Waals surface area contributed by atoms with Gasteiger partial charge in [-0.3, -0.25) is 9.62 Å². The Kier molecular flexibility index (Phi) is 6.91. The van der Waals surface area contributed by atoms with Crippen LogP contribution in [0.3, 0.4) is 0 Å². The van der Waals surface area contributed by atoms with Crippen molar-refractivity contribution in [3.63, 3.8) is 0 Å². The van der Waals surface area contributed by atoms with Crippen LogP contribution in [0.5, 0.6) is 0 Å². The number of rotatable bonds is 8. The number of hydrogen-bond donors (Lipinski definition) is 1. The fourth-order valence-corrected chi connectivity index (χ4v) is 4.54. The second kappa shape index (κ2) is 9.38. The van der Waals surface area contributed by atoms with E-state index in [1.807, 2.05) is 36.4 Å². The van der Waals surface area contributed by atoms with Crippen molar-refractivity contribution in [2.75, 3.05) is 17.8 Å². The molecule has 0 atom stereocenters. The van der Waals surface area contributed by atoms with Crippen LogP contribution in [0.2, 0.25) is 0 Å². The molecule has 5 heteroatoms. The lowest BCUT2D eigenvalue weighted by Crippen LogP contribution is -2.29. The first-order valence-corrected chi connectivity index (χ1v) is 11.5. The second-order valence-electron chi connectivity index (χ2n) is 7.39. The van der Waals surface area contributed by atoms with Crippen LogP contribution in [-0.4, -0.2) is 26.4 Å². The molecule has 0 saturated carbocycles. The Morgan fingerprint density at radius 2 is 1.52 bits per heavy atom. The van der Waals surface area contributed by atoms with Crippen LogP contribution in [-0.2, 0) is 23.0 Å². The molecule has 0 amide bonds. The van der Waals surface area contributed by atoms with Crippen molar-refractivity contribution in [2.24, 2.45) is 0 Å². The molecule has 1 N–H and O–H groups in total. The summed E-state index contributed by atoms with van der Waals surface area (Å²) in [5.41, 5.74) is 3.01. The number of likely N-dealkylation sites (tertiary alicyclic amines) is 1. The van der Waals surface area contributed by atoms with Crippen molar-refractivity contribution in [1.29, 1.82) is 0 Å². The summed E-state index contributed by atoms with van der Waals surface area (Å²) in [5.74, 6) is 0. The summed E-state index contributed by atoms with van der Waals surface area (Å²) in [6, 6.07) is 14.9. The van der Waals surface area contributed by atoms with Crippen LogP contribution in [0.4, 0.5) is 5.69 Å². The molecule has 1 fully saturated rings. The molecule has 1 aliphatic rings. The Balaban J connectivity index is 1.61. The standard InChI is InChI=1S/C22H30N2O2S/c1-2-3-7-19-10-14-22(15-11-19)27(25,26)23-21-12-8-20(9-13-21)18-24-16-5-4-6-17-24/h8-15,23H,2-7,16-18H2,1H3. The highest BCUT2D eigenvalue weighted by molar-refractivity contribution is 7.92. The van der Waals surface area contributed by atoms with E-state index in [4.69, 9.17) is 0 Å². The quantitative estimate of drug-likeness (QED) is 0.708. The van der Waals surface area contributed by atoms with Crippen LogP contribution in [0.15, 0.2) is 53.4 Å². The van der Waals surface area contributed by atoms with Gasteiger partial charge in [0.2, 0.25) is 0 Å². The highest BCUT2D eigenvalue weighted by Crippen LogP contribution is 2.19. The first-order valence-electron chi connectivity index (χ1n) is 10.00. The summed E-state index contributed by atoms with van der Waals surface area (Å²) in [6.07, 6.45) is 7.12. The minimum atomic E-state index is -3.55. The number of nitrogens with one attached hydrogen (secondary N) is 1. The third kappa shape index (κ3) is 5.81. The van der Waals surface area contributed by atoms with Gasteiger partial charge in [-0.1, -0.05) is 44.0 Å². The number of aryl methyl sites for hydroxylation is 1. The van der Waals surface area contributed by atoms with Crippen LogP contribution in [0, 0.1) is 0 Å². The normalized spacial score (nSPS) is 15.6. The molecule has 2 aromatic rings. The van der Waals surface area contributed by atoms with E-state index in [1.165, 1.54) is 30.4 Å². The van der Waals surface area contributed by atoms with Crippen LogP contribution >= 0.6 is 0 Å². The third-order valence-corrected chi connectivity index (χ3v) is 6.51. The summed E-state index contributed by atoms with van der Waals surface area (Å²) in [5, 5.41) is 0. The number of benzene rings is 2. The van der Waals surface area contributed by atoms with Gasteiger partial charge < -0.3 is 0 Å². The van der Waals surface area contributed by atoms with Crippen molar-refractivity contribution >= 4 is 15.7 Å². The van der Waals surface area contributed by atoms with Crippen LogP contribution in [0.25, 0.3) is 0 Å². The molecule has 2 aromatic carbocycles. The molecule has 1 heterocycles. The van der Waals surface area contributed by atoms with E-state index < -0.39 is 10.0 Å². The van der Waals surface area contributed by atoms with Crippen molar-refractivity contribution in [1.82, 2.24) is 4.90 Å². The lowest BCUT2D eigenvalue weighted by atomic mass is 10.1. The molecule has 0 spiro atoms. The van der Waals surface area contributed by atoms with Crippen molar-refractivity contribution in [3.8, 4) is 0 Å². The summed E-state index contributed by atoms with van der Waals surface area (Å²) in [6.45, 7) is 5.40. The fourth-order valence-electron chi connectivity index (χ4n) is 3.48. The average molecular weight is 387 g/mol. The summed E-state index contributed by atoms with van der Waals surface area (Å²) < 4.78 is 27.9. The van der Waals surface area contributed by atoms with E-state index in [0.717, 1.165) is 38.9 Å². The number of piperidine rings is 1. The highest BCUT2D eigenvalue weighted by Gasteiger charge is 2.14. The molecule has 3 rings (SSSR count). The molecule has 146 valence electrons. The Hall–Kier alpha value is -1.85. The van der Waals surface area contributed by atoms with Crippen LogP contribution in [0.1, 0.15) is 50.2 Å². The monoisotopic (exact) mass is 386 g/mol. The van der Waals surface area contributed by atoms with Gasteiger partial charge in [0.15, 0.2) is 0 Å². The second-order valence-corrected chi connectivity index (χ2v) is 9.07. The summed E-state index contributed by atoms with van der Waals surface area (Å²) in [7, 11) is -3.55. The number of unbranched alkanes of at least 4 members (excludes halogenated alkanes) is 1. The molecule has 27 heavy (non-hydrogen) atoms. The van der Waals surface area contributed by atoms with E-state index in [1.54, 1.807) is 12.1 Å². The molecule has 4 nitrogen and oxygen atoms in total. The summed E-state index contributed by atoms with van der Waals surface area (Å²) in [4.78, 5) is 2.77. The largest absolute Gasteiger partial charge is 0.299 e. The highest BCUT2D eigenvalue weighted by atomic mass is 32.2. The maximum atomic E-state index is 12.6. The molecule has 1 saturated heterocycles. The minimum Gasteiger partial charge on any atom is -0.299 e. The first kappa shape index (κ1) is 19.9. The Morgan fingerprint density at radius 1 is 0.889 bits per heavy atom. The van der Waals surface area contributed by atoms with E-state index in [0.29, 0.717) is 10.6 Å². The van der Waals surface area contributed by atoms with Crippen LogP contribution < -0.4 is 4.72 Å². The number of sulfonamides is 1. The van der Waals surface area contributed by atoms with Gasteiger partial charge in [0.05, 0.1) is 4.90 Å². The lowest BCUT2D eigenvalue weighted by molar-refractivity contribution is 0.221. The third-order valence-electron chi connectivity index (χ3n) is 5.11. The number of anilines is 1. The Labute approximate surface area is 163 Å². The Bertz CT molecular complexity index is 808.